The minimum absolute atomic E-state index is 0.0783. The van der Waals surface area contributed by atoms with E-state index in [9.17, 15) is 4.79 Å². The zero-order valence-electron chi connectivity index (χ0n) is 12.0. The van der Waals surface area contributed by atoms with Gasteiger partial charge in [-0.1, -0.05) is 25.8 Å². The number of nitrogens with zero attached hydrogens (tertiary/aromatic N) is 1. The minimum Gasteiger partial charge on any atom is -0.349 e. The number of hydrogen-bond donors (Lipinski definition) is 2. The molecule has 1 aromatic heterocycles. The van der Waals surface area contributed by atoms with Crippen molar-refractivity contribution in [2.45, 2.75) is 63.3 Å². The standard InChI is InChI=1S/C16H23N3O/c1-2-15(20)17-12-8-9-13-14(10-12)19-16(18-13)11-6-4-3-5-7-11/h2,11-12H,1,3-10H2,(H,17,20)(H,18,19). The molecule has 0 bridgehead atoms. The average molecular weight is 273 g/mol. The Bertz CT molecular complexity index is 500. The molecule has 4 heteroatoms. The summed E-state index contributed by atoms with van der Waals surface area (Å²) < 4.78 is 0. The molecule has 20 heavy (non-hydrogen) atoms. The first kappa shape index (κ1) is 13.4. The van der Waals surface area contributed by atoms with Crippen LogP contribution in [0.4, 0.5) is 0 Å². The highest BCUT2D eigenvalue weighted by Crippen LogP contribution is 2.32. The predicted molar refractivity (Wildman–Crippen MR) is 78.6 cm³/mol. The molecule has 1 atom stereocenters. The fraction of sp³-hybridized carbons (Fsp3) is 0.625. The Morgan fingerprint density at radius 1 is 1.30 bits per heavy atom. The lowest BCUT2D eigenvalue weighted by atomic mass is 9.89. The van der Waals surface area contributed by atoms with Crippen LogP contribution in [0, 0.1) is 0 Å². The van der Waals surface area contributed by atoms with Gasteiger partial charge in [-0.2, -0.15) is 0 Å². The van der Waals surface area contributed by atoms with Crippen LogP contribution >= 0.6 is 0 Å². The van der Waals surface area contributed by atoms with E-state index < -0.39 is 0 Å². The molecule has 0 aromatic carbocycles. The van der Waals surface area contributed by atoms with Gasteiger partial charge in [-0.15, -0.1) is 0 Å². The summed E-state index contributed by atoms with van der Waals surface area (Å²) in [7, 11) is 0. The van der Waals surface area contributed by atoms with Crippen LogP contribution in [0.2, 0.25) is 0 Å². The molecule has 2 aliphatic carbocycles. The number of aromatic amines is 1. The number of H-pyrrole nitrogens is 1. The second-order valence-corrected chi connectivity index (χ2v) is 6.03. The largest absolute Gasteiger partial charge is 0.349 e. The molecule has 0 radical (unpaired) electrons. The van der Waals surface area contributed by atoms with Crippen molar-refractivity contribution in [1.29, 1.82) is 0 Å². The lowest BCUT2D eigenvalue weighted by molar-refractivity contribution is -0.117. The van der Waals surface area contributed by atoms with E-state index in [1.165, 1.54) is 55.4 Å². The Morgan fingerprint density at radius 3 is 2.85 bits per heavy atom. The zero-order chi connectivity index (χ0) is 13.9. The van der Waals surface area contributed by atoms with Crippen molar-refractivity contribution in [2.24, 2.45) is 0 Å². The Labute approximate surface area is 120 Å². The molecule has 0 spiro atoms. The summed E-state index contributed by atoms with van der Waals surface area (Å²) in [4.78, 5) is 19.7. The van der Waals surface area contributed by atoms with E-state index in [-0.39, 0.29) is 11.9 Å². The fourth-order valence-electron chi connectivity index (χ4n) is 3.46. The van der Waals surface area contributed by atoms with Crippen LogP contribution in [0.25, 0.3) is 0 Å². The maximum Gasteiger partial charge on any atom is 0.243 e. The number of aromatic nitrogens is 2. The van der Waals surface area contributed by atoms with Crippen molar-refractivity contribution >= 4 is 5.91 Å². The summed E-state index contributed by atoms with van der Waals surface area (Å²) >= 11 is 0. The topological polar surface area (TPSA) is 57.8 Å². The monoisotopic (exact) mass is 273 g/mol. The minimum atomic E-state index is -0.0783. The van der Waals surface area contributed by atoms with E-state index in [0.717, 1.165) is 19.3 Å². The van der Waals surface area contributed by atoms with Gasteiger partial charge in [-0.05, 0) is 31.8 Å². The van der Waals surface area contributed by atoms with E-state index in [0.29, 0.717) is 5.92 Å². The Morgan fingerprint density at radius 2 is 2.10 bits per heavy atom. The molecule has 1 fully saturated rings. The summed E-state index contributed by atoms with van der Waals surface area (Å²) in [5, 5.41) is 2.99. The average Bonchev–Trinajstić information content (AvgIpc) is 2.91. The number of imidazole rings is 1. The first-order chi connectivity index (χ1) is 9.76. The molecule has 1 unspecified atom stereocenters. The van der Waals surface area contributed by atoms with Gasteiger partial charge in [0.15, 0.2) is 0 Å². The first-order valence-corrected chi connectivity index (χ1v) is 7.77. The van der Waals surface area contributed by atoms with Crippen LogP contribution in [-0.4, -0.2) is 21.9 Å². The summed E-state index contributed by atoms with van der Waals surface area (Å²) in [6.07, 6.45) is 10.7. The lowest BCUT2D eigenvalue weighted by Gasteiger charge is -2.21. The van der Waals surface area contributed by atoms with E-state index >= 15 is 0 Å². The van der Waals surface area contributed by atoms with Gasteiger partial charge < -0.3 is 10.3 Å². The molecule has 2 aliphatic rings. The third-order valence-electron chi connectivity index (χ3n) is 4.59. The van der Waals surface area contributed by atoms with E-state index in [1.807, 2.05) is 0 Å². The summed E-state index contributed by atoms with van der Waals surface area (Å²) in [6, 6.07) is 0.215. The molecule has 0 saturated heterocycles. The van der Waals surface area contributed by atoms with E-state index in [1.54, 1.807) is 0 Å². The molecule has 1 aromatic rings. The van der Waals surface area contributed by atoms with Crippen LogP contribution in [0.1, 0.15) is 61.7 Å². The van der Waals surface area contributed by atoms with Gasteiger partial charge in [-0.25, -0.2) is 4.98 Å². The van der Waals surface area contributed by atoms with Gasteiger partial charge in [0.05, 0.1) is 5.69 Å². The number of rotatable bonds is 3. The van der Waals surface area contributed by atoms with Crippen molar-refractivity contribution < 1.29 is 4.79 Å². The molecular weight excluding hydrogens is 250 g/mol. The molecular formula is C16H23N3O. The van der Waals surface area contributed by atoms with Crippen LogP contribution in [-0.2, 0) is 17.6 Å². The Hall–Kier alpha value is -1.58. The second-order valence-electron chi connectivity index (χ2n) is 6.03. The van der Waals surface area contributed by atoms with Crippen LogP contribution in [0.15, 0.2) is 12.7 Å². The van der Waals surface area contributed by atoms with Crippen LogP contribution < -0.4 is 5.32 Å². The highest BCUT2D eigenvalue weighted by Gasteiger charge is 2.25. The highest BCUT2D eigenvalue weighted by molar-refractivity contribution is 5.87. The predicted octanol–water partition coefficient (Wildman–Crippen LogP) is 2.62. The maximum absolute atomic E-state index is 11.4. The van der Waals surface area contributed by atoms with Crippen molar-refractivity contribution in [2.75, 3.05) is 0 Å². The Kier molecular flexibility index (Phi) is 3.90. The number of hydrogen-bond acceptors (Lipinski definition) is 2. The highest BCUT2D eigenvalue weighted by atomic mass is 16.1. The molecule has 1 heterocycles. The van der Waals surface area contributed by atoms with Crippen molar-refractivity contribution in [3.63, 3.8) is 0 Å². The molecule has 108 valence electrons. The molecule has 1 saturated carbocycles. The van der Waals surface area contributed by atoms with E-state index in [4.69, 9.17) is 4.98 Å². The number of aryl methyl sites for hydroxylation is 1. The molecule has 1 amide bonds. The molecule has 3 rings (SSSR count). The van der Waals surface area contributed by atoms with Crippen LogP contribution in [0.3, 0.4) is 0 Å². The summed E-state index contributed by atoms with van der Waals surface area (Å²) in [5.74, 6) is 1.73. The van der Waals surface area contributed by atoms with Crippen molar-refractivity contribution in [3.05, 3.63) is 29.9 Å². The molecule has 4 nitrogen and oxygen atoms in total. The number of carbonyl (C=O) groups is 1. The van der Waals surface area contributed by atoms with Crippen LogP contribution in [0.5, 0.6) is 0 Å². The van der Waals surface area contributed by atoms with Gasteiger partial charge in [-0.3, -0.25) is 4.79 Å². The van der Waals surface area contributed by atoms with Crippen molar-refractivity contribution in [1.82, 2.24) is 15.3 Å². The van der Waals surface area contributed by atoms with Gasteiger partial charge in [0.25, 0.3) is 0 Å². The van der Waals surface area contributed by atoms with Crippen molar-refractivity contribution in [3.8, 4) is 0 Å². The van der Waals surface area contributed by atoms with Gasteiger partial charge in [0, 0.05) is 24.1 Å². The number of fused-ring (bicyclic) bond motifs is 1. The zero-order valence-corrected chi connectivity index (χ0v) is 12.0. The Balaban J connectivity index is 1.69. The third-order valence-corrected chi connectivity index (χ3v) is 4.59. The number of amides is 1. The number of carbonyl (C=O) groups excluding carboxylic acids is 1. The summed E-state index contributed by atoms with van der Waals surface area (Å²) in [6.45, 7) is 3.50. The third kappa shape index (κ3) is 2.79. The SMILES string of the molecule is C=CC(=O)NC1CCc2nc(C3CCCCC3)[nH]c2C1. The van der Waals surface area contributed by atoms with Gasteiger partial charge in [0.2, 0.25) is 5.91 Å². The molecule has 2 N–H and O–H groups in total. The van der Waals surface area contributed by atoms with Gasteiger partial charge >= 0.3 is 0 Å². The fourth-order valence-corrected chi connectivity index (χ4v) is 3.46. The second kappa shape index (κ2) is 5.81. The number of nitrogens with one attached hydrogen (secondary N) is 2. The first-order valence-electron chi connectivity index (χ1n) is 7.77. The maximum atomic E-state index is 11.4. The quantitative estimate of drug-likeness (QED) is 0.832. The lowest BCUT2D eigenvalue weighted by Crippen LogP contribution is -2.37. The summed E-state index contributed by atoms with van der Waals surface area (Å²) in [5.41, 5.74) is 2.45. The van der Waals surface area contributed by atoms with Gasteiger partial charge in [0.1, 0.15) is 5.82 Å². The van der Waals surface area contributed by atoms with E-state index in [2.05, 4.69) is 16.9 Å². The smallest absolute Gasteiger partial charge is 0.243 e. The molecule has 0 aliphatic heterocycles. The normalized spacial score (nSPS) is 23.1.